The van der Waals surface area contributed by atoms with Gasteiger partial charge in [-0.15, -0.1) is 0 Å². The molecule has 0 aromatic rings. The fraction of sp³-hybridized carbons (Fsp3) is 0.727. The van der Waals surface area contributed by atoms with Gasteiger partial charge in [-0.1, -0.05) is 304 Å². The van der Waals surface area contributed by atoms with Crippen molar-refractivity contribution in [2.75, 3.05) is 13.2 Å². The van der Waals surface area contributed by atoms with Gasteiger partial charge < -0.3 is 14.2 Å². The minimum Gasteiger partial charge on any atom is -0.462 e. The highest BCUT2D eigenvalue weighted by atomic mass is 16.6. The summed E-state index contributed by atoms with van der Waals surface area (Å²) in [7, 11) is 0. The number of hydrogen-bond donors (Lipinski definition) is 0. The molecule has 83 heavy (non-hydrogen) atoms. The Balaban J connectivity index is 4.36. The summed E-state index contributed by atoms with van der Waals surface area (Å²) in [6.45, 7) is 6.50. The molecule has 0 aliphatic heterocycles. The lowest BCUT2D eigenvalue weighted by Gasteiger charge is -2.18. The van der Waals surface area contributed by atoms with Gasteiger partial charge in [-0.2, -0.15) is 0 Å². The molecule has 0 bridgehead atoms. The molecular weight excluding hydrogens is 1020 g/mol. The van der Waals surface area contributed by atoms with Crippen LogP contribution in [0.25, 0.3) is 0 Å². The fourth-order valence-electron chi connectivity index (χ4n) is 9.94. The SMILES string of the molecule is CC/C=C\C/C=C\C/C=C\C/C=C\CCCCCCCCCCCCCCCCC(=O)OCC(COC(=O)CCCCCCCCCCC/C=C\C/C=C\CCCCC)OC(=O)CCCCCCCC/C=C\C/C=C\C/C=C\CCCCC. The Labute approximate surface area is 514 Å². The van der Waals surface area contributed by atoms with E-state index < -0.39 is 6.10 Å². The first-order valence-corrected chi connectivity index (χ1v) is 35.4. The van der Waals surface area contributed by atoms with E-state index in [0.29, 0.717) is 19.3 Å². The highest BCUT2D eigenvalue weighted by Gasteiger charge is 2.19. The quantitative estimate of drug-likeness (QED) is 0.0261. The van der Waals surface area contributed by atoms with Crippen molar-refractivity contribution in [3.8, 4) is 0 Å². The molecule has 6 heteroatoms. The second-order valence-electron chi connectivity index (χ2n) is 23.4. The van der Waals surface area contributed by atoms with Crippen molar-refractivity contribution in [3.63, 3.8) is 0 Å². The largest absolute Gasteiger partial charge is 0.462 e. The number of carbonyl (C=O) groups is 3. The number of unbranched alkanes of at least 4 members (excludes halogenated alkanes) is 35. The van der Waals surface area contributed by atoms with Crippen LogP contribution in [0, 0.1) is 0 Å². The van der Waals surface area contributed by atoms with E-state index in [1.54, 1.807) is 0 Å². The molecule has 0 aromatic heterocycles. The lowest BCUT2D eigenvalue weighted by atomic mass is 10.0. The van der Waals surface area contributed by atoms with Gasteiger partial charge >= 0.3 is 17.9 Å². The molecule has 0 aromatic carbocycles. The van der Waals surface area contributed by atoms with Crippen molar-refractivity contribution >= 4 is 17.9 Å². The van der Waals surface area contributed by atoms with Gasteiger partial charge in [0.25, 0.3) is 0 Å². The number of rotatable bonds is 64. The van der Waals surface area contributed by atoms with Crippen LogP contribution in [0.3, 0.4) is 0 Å². The zero-order valence-corrected chi connectivity index (χ0v) is 54.7. The summed E-state index contributed by atoms with van der Waals surface area (Å²) in [5.41, 5.74) is 0. The normalized spacial score (nSPS) is 12.8. The van der Waals surface area contributed by atoms with Crippen LogP contribution in [0.2, 0.25) is 0 Å². The van der Waals surface area contributed by atoms with E-state index in [2.05, 4.69) is 130 Å². The van der Waals surface area contributed by atoms with Gasteiger partial charge in [-0.3, -0.25) is 14.4 Å². The maximum absolute atomic E-state index is 13.0. The first-order chi connectivity index (χ1) is 41.0. The van der Waals surface area contributed by atoms with E-state index in [0.717, 1.165) is 116 Å². The van der Waals surface area contributed by atoms with Crippen LogP contribution in [0.4, 0.5) is 0 Å². The van der Waals surface area contributed by atoms with Gasteiger partial charge in [0, 0.05) is 19.3 Å². The second kappa shape index (κ2) is 70.6. The molecule has 0 spiro atoms. The Hall–Kier alpha value is -3.93. The van der Waals surface area contributed by atoms with Crippen LogP contribution < -0.4 is 0 Å². The van der Waals surface area contributed by atoms with Crippen LogP contribution in [0.15, 0.2) is 109 Å². The maximum Gasteiger partial charge on any atom is 0.306 e. The van der Waals surface area contributed by atoms with Crippen LogP contribution >= 0.6 is 0 Å². The Bertz CT molecular complexity index is 1660. The predicted octanol–water partition coefficient (Wildman–Crippen LogP) is 24.6. The minimum atomic E-state index is -0.790. The zero-order chi connectivity index (χ0) is 59.9. The van der Waals surface area contributed by atoms with E-state index in [1.165, 1.54) is 186 Å². The van der Waals surface area contributed by atoms with Gasteiger partial charge in [0.1, 0.15) is 13.2 Å². The smallest absolute Gasteiger partial charge is 0.306 e. The number of esters is 3. The van der Waals surface area contributed by atoms with Crippen molar-refractivity contribution < 1.29 is 28.6 Å². The van der Waals surface area contributed by atoms with E-state index in [9.17, 15) is 14.4 Å². The van der Waals surface area contributed by atoms with E-state index in [4.69, 9.17) is 14.2 Å². The van der Waals surface area contributed by atoms with Gasteiger partial charge in [0.05, 0.1) is 0 Å². The second-order valence-corrected chi connectivity index (χ2v) is 23.4. The summed E-state index contributed by atoms with van der Waals surface area (Å²) in [5.74, 6) is -0.887. The molecule has 1 unspecified atom stereocenters. The highest BCUT2D eigenvalue weighted by Crippen LogP contribution is 2.17. The van der Waals surface area contributed by atoms with E-state index >= 15 is 0 Å². The third kappa shape index (κ3) is 68.7. The number of hydrogen-bond acceptors (Lipinski definition) is 6. The van der Waals surface area contributed by atoms with Crippen LogP contribution in [0.1, 0.15) is 342 Å². The highest BCUT2D eigenvalue weighted by molar-refractivity contribution is 5.71. The molecule has 0 N–H and O–H groups in total. The van der Waals surface area contributed by atoms with Crippen LogP contribution in [-0.4, -0.2) is 37.2 Å². The first kappa shape index (κ1) is 79.1. The Morgan fingerprint density at radius 2 is 0.470 bits per heavy atom. The molecular formula is C77H132O6. The van der Waals surface area contributed by atoms with Crippen molar-refractivity contribution in [3.05, 3.63) is 109 Å². The molecule has 0 rings (SSSR count). The summed E-state index contributed by atoms with van der Waals surface area (Å²) in [5, 5.41) is 0. The van der Waals surface area contributed by atoms with Crippen molar-refractivity contribution in [2.24, 2.45) is 0 Å². The molecule has 1 atom stereocenters. The van der Waals surface area contributed by atoms with Crippen LogP contribution in [-0.2, 0) is 28.6 Å². The zero-order valence-electron chi connectivity index (χ0n) is 54.7. The predicted molar refractivity (Wildman–Crippen MR) is 362 cm³/mol. The lowest BCUT2D eigenvalue weighted by molar-refractivity contribution is -0.167. The van der Waals surface area contributed by atoms with Gasteiger partial charge in [-0.05, 0) is 128 Å². The van der Waals surface area contributed by atoms with Gasteiger partial charge in [0.2, 0.25) is 0 Å². The summed E-state index contributed by atoms with van der Waals surface area (Å²) in [6, 6.07) is 0. The number of carbonyl (C=O) groups excluding carboxylic acids is 3. The molecule has 0 radical (unpaired) electrons. The lowest BCUT2D eigenvalue weighted by Crippen LogP contribution is -2.30. The molecule has 6 nitrogen and oxygen atoms in total. The molecule has 0 fully saturated rings. The van der Waals surface area contributed by atoms with Gasteiger partial charge in [-0.25, -0.2) is 0 Å². The minimum absolute atomic E-state index is 0.0840. The summed E-state index contributed by atoms with van der Waals surface area (Å²) in [4.78, 5) is 38.5. The molecule has 476 valence electrons. The summed E-state index contributed by atoms with van der Waals surface area (Å²) >= 11 is 0. The molecule has 0 saturated carbocycles. The third-order valence-corrected chi connectivity index (χ3v) is 15.2. The average Bonchev–Trinajstić information content (AvgIpc) is 3.50. The fourth-order valence-corrected chi connectivity index (χ4v) is 9.94. The van der Waals surface area contributed by atoms with Crippen molar-refractivity contribution in [2.45, 2.75) is 348 Å². The van der Waals surface area contributed by atoms with Crippen molar-refractivity contribution in [1.29, 1.82) is 0 Å². The summed E-state index contributed by atoms with van der Waals surface area (Å²) < 4.78 is 17.0. The monoisotopic (exact) mass is 1150 g/mol. The Morgan fingerprint density at radius 1 is 0.253 bits per heavy atom. The van der Waals surface area contributed by atoms with Crippen molar-refractivity contribution in [1.82, 2.24) is 0 Å². The standard InChI is InChI=1S/C77H132O6/c1-4-7-10-13-16-19-22-25-28-31-34-35-36-37-38-39-40-41-44-46-49-52-55-58-61-64-67-70-76(79)82-73-74(83-77(80)71-68-65-62-59-56-53-50-47-43-33-30-27-24-21-18-15-12-9-6-3)72-81-75(78)69-66-63-60-57-54-51-48-45-42-32-29-26-23-20-17-14-11-8-5-2/h7,10,16-21,25-30,34-35,43,47,74H,4-6,8-9,11-15,22-24,31-33,36-42,44-46,48-73H2,1-3H3/b10-7-,19-16-,20-17-,21-18-,28-25-,29-26-,30-27-,35-34-,47-43-. The maximum atomic E-state index is 13.0. The summed E-state index contributed by atoms with van der Waals surface area (Å²) in [6.07, 6.45) is 96.7. The topological polar surface area (TPSA) is 78.9 Å². The van der Waals surface area contributed by atoms with E-state index in [-0.39, 0.29) is 31.1 Å². The Kier molecular flexibility index (Phi) is 67.2. The van der Waals surface area contributed by atoms with Crippen LogP contribution in [0.5, 0.6) is 0 Å². The van der Waals surface area contributed by atoms with Gasteiger partial charge in [0.15, 0.2) is 6.10 Å². The third-order valence-electron chi connectivity index (χ3n) is 15.2. The Morgan fingerprint density at radius 3 is 0.735 bits per heavy atom. The molecule has 0 aliphatic rings. The number of ether oxygens (including phenoxy) is 3. The molecule has 0 amide bonds. The average molecular weight is 1150 g/mol. The molecule has 0 aliphatic carbocycles. The van der Waals surface area contributed by atoms with E-state index in [1.807, 2.05) is 0 Å². The first-order valence-electron chi connectivity index (χ1n) is 35.4. The molecule has 0 saturated heterocycles. The number of allylic oxidation sites excluding steroid dienone is 18. The molecule has 0 heterocycles.